The third-order valence-corrected chi connectivity index (χ3v) is 6.52. The number of hydrogen-bond acceptors (Lipinski definition) is 7. The molecule has 0 spiro atoms. The molecule has 0 radical (unpaired) electrons. The van der Waals surface area contributed by atoms with Crippen LogP contribution in [0.1, 0.15) is 18.9 Å². The molecule has 1 unspecified atom stereocenters. The lowest BCUT2D eigenvalue weighted by Gasteiger charge is -2.38. The Balaban J connectivity index is 0.00000324. The number of oxime groups is 1. The minimum atomic E-state index is -0.308. The summed E-state index contributed by atoms with van der Waals surface area (Å²) in [7, 11) is 2.10. The average Bonchev–Trinajstić information content (AvgIpc) is 3.28. The molecule has 34 heavy (non-hydrogen) atoms. The second-order valence-electron chi connectivity index (χ2n) is 9.02. The van der Waals surface area contributed by atoms with Gasteiger partial charge in [0.15, 0.2) is 0 Å². The normalized spacial score (nSPS) is 21.5. The van der Waals surface area contributed by atoms with Crippen molar-refractivity contribution in [1.82, 2.24) is 20.0 Å². The van der Waals surface area contributed by atoms with Crippen LogP contribution in [0.3, 0.4) is 0 Å². The quantitative estimate of drug-likeness (QED) is 0.626. The molecular formula is C23H34ClFN6O3. The monoisotopic (exact) mass is 496 g/mol. The van der Waals surface area contributed by atoms with E-state index in [1.165, 1.54) is 13.0 Å². The Kier molecular flexibility index (Phi) is 9.10. The van der Waals surface area contributed by atoms with Crippen LogP contribution < -0.4 is 10.2 Å². The summed E-state index contributed by atoms with van der Waals surface area (Å²) in [5, 5.41) is 6.77. The largest absolute Gasteiger partial charge is 0.390 e. The maximum absolute atomic E-state index is 14.9. The molecule has 1 aromatic rings. The van der Waals surface area contributed by atoms with E-state index in [2.05, 4.69) is 27.3 Å². The van der Waals surface area contributed by atoms with Crippen LogP contribution in [0, 0.1) is 5.82 Å². The van der Waals surface area contributed by atoms with Crippen LogP contribution in [0.15, 0.2) is 23.4 Å². The van der Waals surface area contributed by atoms with Gasteiger partial charge in [-0.3, -0.25) is 14.5 Å². The second-order valence-corrected chi connectivity index (χ2v) is 9.02. The van der Waals surface area contributed by atoms with Gasteiger partial charge in [-0.15, -0.1) is 12.4 Å². The highest BCUT2D eigenvalue weighted by atomic mass is 35.5. The number of piperazine rings is 2. The molecule has 3 aliphatic rings. The molecule has 188 valence electrons. The number of carbonyl (C=O) groups is 2. The molecule has 3 heterocycles. The molecule has 0 bridgehead atoms. The molecule has 0 saturated carbocycles. The van der Waals surface area contributed by atoms with Crippen molar-refractivity contribution in [3.8, 4) is 0 Å². The van der Waals surface area contributed by atoms with Gasteiger partial charge in [0.05, 0.1) is 24.5 Å². The van der Waals surface area contributed by atoms with Crippen molar-refractivity contribution in [3.63, 3.8) is 0 Å². The summed E-state index contributed by atoms with van der Waals surface area (Å²) < 4.78 is 14.9. The van der Waals surface area contributed by atoms with Gasteiger partial charge in [-0.05, 0) is 19.2 Å². The fourth-order valence-corrected chi connectivity index (χ4v) is 4.40. The van der Waals surface area contributed by atoms with Gasteiger partial charge in [-0.25, -0.2) is 4.39 Å². The number of carbonyl (C=O) groups excluding carboxylic acids is 2. The molecule has 9 nitrogen and oxygen atoms in total. The first kappa shape index (κ1) is 26.2. The molecule has 1 N–H and O–H groups in total. The van der Waals surface area contributed by atoms with E-state index in [9.17, 15) is 14.0 Å². The SMILES string of the molecule is CC(=O)NCC1CC(c2ccc(N3CCN(C(=O)CN4CCN(C)CC4)CC3)c(F)c2)=NO1.Cl. The van der Waals surface area contributed by atoms with Crippen LogP contribution in [-0.4, -0.2) is 111 Å². The van der Waals surface area contributed by atoms with E-state index in [4.69, 9.17) is 4.84 Å². The second kappa shape index (κ2) is 11.8. The van der Waals surface area contributed by atoms with E-state index in [0.29, 0.717) is 62.7 Å². The van der Waals surface area contributed by atoms with Crippen LogP contribution in [0.5, 0.6) is 0 Å². The predicted octanol–water partition coefficient (Wildman–Crippen LogP) is 0.773. The number of anilines is 1. The summed E-state index contributed by atoms with van der Waals surface area (Å²) in [5.74, 6) is -0.274. The van der Waals surface area contributed by atoms with Crippen LogP contribution in [-0.2, 0) is 14.4 Å². The van der Waals surface area contributed by atoms with E-state index in [1.54, 1.807) is 6.07 Å². The molecule has 1 aromatic carbocycles. The van der Waals surface area contributed by atoms with Gasteiger partial charge >= 0.3 is 0 Å². The summed E-state index contributed by atoms with van der Waals surface area (Å²) in [6.45, 7) is 8.52. The Morgan fingerprint density at radius 2 is 1.82 bits per heavy atom. The number of nitrogens with zero attached hydrogens (tertiary/aromatic N) is 5. The fourth-order valence-electron chi connectivity index (χ4n) is 4.40. The number of likely N-dealkylation sites (N-methyl/N-ethyl adjacent to an activating group) is 1. The molecule has 4 rings (SSSR count). The highest BCUT2D eigenvalue weighted by Crippen LogP contribution is 2.25. The zero-order valence-corrected chi connectivity index (χ0v) is 20.7. The Labute approximate surface area is 206 Å². The minimum absolute atomic E-state index is 0. The zero-order valence-electron chi connectivity index (χ0n) is 19.8. The topological polar surface area (TPSA) is 80.7 Å². The van der Waals surface area contributed by atoms with E-state index in [0.717, 1.165) is 26.2 Å². The summed E-state index contributed by atoms with van der Waals surface area (Å²) in [6.07, 6.45) is 0.288. The van der Waals surface area contributed by atoms with Crippen molar-refractivity contribution in [2.45, 2.75) is 19.4 Å². The summed E-state index contributed by atoms with van der Waals surface area (Å²) in [6, 6.07) is 5.12. The zero-order chi connectivity index (χ0) is 23.4. The van der Waals surface area contributed by atoms with Crippen LogP contribution in [0.4, 0.5) is 10.1 Å². The van der Waals surface area contributed by atoms with Gasteiger partial charge in [-0.2, -0.15) is 0 Å². The van der Waals surface area contributed by atoms with E-state index in [1.807, 2.05) is 15.9 Å². The van der Waals surface area contributed by atoms with E-state index in [-0.39, 0.29) is 36.1 Å². The predicted molar refractivity (Wildman–Crippen MR) is 131 cm³/mol. The lowest BCUT2D eigenvalue weighted by atomic mass is 10.0. The van der Waals surface area contributed by atoms with Gasteiger partial charge in [0, 0.05) is 71.3 Å². The smallest absolute Gasteiger partial charge is 0.236 e. The Morgan fingerprint density at radius 3 is 2.47 bits per heavy atom. The van der Waals surface area contributed by atoms with Crippen molar-refractivity contribution in [3.05, 3.63) is 29.6 Å². The fraction of sp³-hybridized carbons (Fsp3) is 0.609. The van der Waals surface area contributed by atoms with Gasteiger partial charge < -0.3 is 24.9 Å². The first-order chi connectivity index (χ1) is 15.9. The summed E-state index contributed by atoms with van der Waals surface area (Å²) in [4.78, 5) is 37.5. The van der Waals surface area contributed by atoms with Crippen molar-refractivity contribution >= 4 is 35.6 Å². The number of amides is 2. The highest BCUT2D eigenvalue weighted by molar-refractivity contribution is 6.01. The highest BCUT2D eigenvalue weighted by Gasteiger charge is 2.27. The number of rotatable bonds is 6. The van der Waals surface area contributed by atoms with Crippen molar-refractivity contribution < 1.29 is 18.8 Å². The lowest BCUT2D eigenvalue weighted by molar-refractivity contribution is -0.133. The minimum Gasteiger partial charge on any atom is -0.390 e. The standard InChI is InChI=1S/C23H33FN6O3.ClH/c1-17(31)25-15-19-14-21(26-33-19)18-3-4-22(20(24)13-18)29-9-11-30(12-10-29)23(32)16-28-7-5-27(2)6-8-28;/h3-4,13,19H,5-12,14-16H2,1-2H3,(H,25,31);1H. The molecule has 2 amide bonds. The first-order valence-corrected chi connectivity index (χ1v) is 11.6. The first-order valence-electron chi connectivity index (χ1n) is 11.6. The van der Waals surface area contributed by atoms with Crippen LogP contribution in [0.2, 0.25) is 0 Å². The maximum atomic E-state index is 14.9. The molecule has 11 heteroatoms. The Morgan fingerprint density at radius 1 is 1.12 bits per heavy atom. The molecule has 1 atom stereocenters. The molecule has 0 aromatic heterocycles. The molecule has 3 aliphatic heterocycles. The van der Waals surface area contributed by atoms with Crippen LogP contribution >= 0.6 is 12.4 Å². The van der Waals surface area contributed by atoms with E-state index >= 15 is 0 Å². The summed E-state index contributed by atoms with van der Waals surface area (Å²) in [5.41, 5.74) is 1.90. The lowest BCUT2D eigenvalue weighted by Crippen LogP contribution is -2.53. The molecule has 2 saturated heterocycles. The third-order valence-electron chi connectivity index (χ3n) is 6.52. The van der Waals surface area contributed by atoms with Crippen molar-refractivity contribution in [2.75, 3.05) is 77.4 Å². The van der Waals surface area contributed by atoms with E-state index < -0.39 is 0 Å². The number of benzene rings is 1. The van der Waals surface area contributed by atoms with Crippen molar-refractivity contribution in [1.29, 1.82) is 0 Å². The van der Waals surface area contributed by atoms with Crippen molar-refractivity contribution in [2.24, 2.45) is 5.16 Å². The Bertz CT molecular complexity index is 901. The van der Waals surface area contributed by atoms with Crippen LogP contribution in [0.25, 0.3) is 0 Å². The third kappa shape index (κ3) is 6.58. The molecular weight excluding hydrogens is 463 g/mol. The molecule has 2 fully saturated rings. The van der Waals surface area contributed by atoms with Gasteiger partial charge in [0.25, 0.3) is 0 Å². The summed E-state index contributed by atoms with van der Waals surface area (Å²) >= 11 is 0. The molecule has 0 aliphatic carbocycles. The number of hydrogen-bond donors (Lipinski definition) is 1. The average molecular weight is 497 g/mol. The maximum Gasteiger partial charge on any atom is 0.236 e. The van der Waals surface area contributed by atoms with Gasteiger partial charge in [-0.1, -0.05) is 11.2 Å². The van der Waals surface area contributed by atoms with Gasteiger partial charge in [0.2, 0.25) is 11.8 Å². The van der Waals surface area contributed by atoms with Gasteiger partial charge in [0.1, 0.15) is 11.9 Å². The Hall–Kier alpha value is -2.43. The number of nitrogens with one attached hydrogen (secondary N) is 1. The number of halogens is 2.